The van der Waals surface area contributed by atoms with Gasteiger partial charge in [-0.15, -0.1) is 0 Å². The van der Waals surface area contributed by atoms with Crippen molar-refractivity contribution in [1.29, 1.82) is 0 Å². The van der Waals surface area contributed by atoms with Crippen molar-refractivity contribution >= 4 is 29.2 Å². The quantitative estimate of drug-likeness (QED) is 0.679. The van der Waals surface area contributed by atoms with E-state index in [0.29, 0.717) is 10.6 Å². The molecule has 30 heavy (non-hydrogen) atoms. The predicted molar refractivity (Wildman–Crippen MR) is 120 cm³/mol. The second kappa shape index (κ2) is 9.09. The van der Waals surface area contributed by atoms with Crippen molar-refractivity contribution in [1.82, 2.24) is 0 Å². The zero-order chi connectivity index (χ0) is 21.9. The Morgan fingerprint density at radius 2 is 1.70 bits per heavy atom. The summed E-state index contributed by atoms with van der Waals surface area (Å²) < 4.78 is 4.77. The number of rotatable bonds is 6. The van der Waals surface area contributed by atoms with E-state index < -0.39 is 23.2 Å². The van der Waals surface area contributed by atoms with Gasteiger partial charge in [-0.1, -0.05) is 37.6 Å². The number of anilines is 1. The van der Waals surface area contributed by atoms with Crippen molar-refractivity contribution in [3.8, 4) is 0 Å². The number of primary amides is 1. The Kier molecular flexibility index (Phi) is 6.71. The van der Waals surface area contributed by atoms with Crippen LogP contribution in [0.1, 0.15) is 60.5 Å². The Morgan fingerprint density at radius 1 is 1.07 bits per heavy atom. The molecule has 1 atom stereocenters. The molecule has 160 valence electrons. The topological polar surface area (TPSA) is 72.6 Å². The summed E-state index contributed by atoms with van der Waals surface area (Å²) in [5.74, 6) is -1.43. The number of nitrogens with zero attached hydrogens (tertiary/aromatic N) is 1. The third kappa shape index (κ3) is 4.46. The van der Waals surface area contributed by atoms with Gasteiger partial charge in [0.05, 0.1) is 18.6 Å². The summed E-state index contributed by atoms with van der Waals surface area (Å²) in [5, 5.41) is 0.628. The van der Waals surface area contributed by atoms with Crippen LogP contribution >= 0.6 is 11.6 Å². The monoisotopic (exact) mass is 428 g/mol. The first-order chi connectivity index (χ1) is 14.3. The van der Waals surface area contributed by atoms with Gasteiger partial charge in [-0.2, -0.15) is 0 Å². The van der Waals surface area contributed by atoms with Crippen LogP contribution in [-0.2, 0) is 14.9 Å². The lowest BCUT2D eigenvalue weighted by atomic mass is 9.69. The molecule has 1 aliphatic rings. The summed E-state index contributed by atoms with van der Waals surface area (Å²) in [6.45, 7) is 6.02. The highest BCUT2D eigenvalue weighted by Crippen LogP contribution is 2.44. The second-order valence-electron chi connectivity index (χ2n) is 8.38. The molecule has 6 heteroatoms. The molecule has 0 saturated carbocycles. The number of ether oxygens (including phenoxy) is 1. The molecule has 1 aliphatic heterocycles. The van der Waals surface area contributed by atoms with Gasteiger partial charge in [-0.25, -0.2) is 4.79 Å². The van der Waals surface area contributed by atoms with E-state index in [0.717, 1.165) is 42.7 Å². The summed E-state index contributed by atoms with van der Waals surface area (Å²) in [4.78, 5) is 26.8. The van der Waals surface area contributed by atoms with E-state index in [4.69, 9.17) is 22.1 Å². The fraction of sp³-hybridized carbons (Fsp3) is 0.417. The number of carbonyl (C=O) groups is 2. The standard InChI is InChI=1S/C24H29ClN2O3/c1-24(2,19-15-18(25)11-12-20(19)27-13-5-4-6-14-27)21(22(26)28)16-7-9-17(10-8-16)23(29)30-3/h7-12,15,21H,4-6,13-14H2,1-3H3,(H2,26,28)/t21-/m0/s1. The number of halogens is 1. The highest BCUT2D eigenvalue weighted by atomic mass is 35.5. The van der Waals surface area contributed by atoms with Gasteiger partial charge in [0.2, 0.25) is 5.91 Å². The molecule has 2 aromatic carbocycles. The summed E-state index contributed by atoms with van der Waals surface area (Å²) in [5.41, 5.74) is 8.57. The van der Waals surface area contributed by atoms with Gasteiger partial charge in [0.25, 0.3) is 0 Å². The lowest BCUT2D eigenvalue weighted by molar-refractivity contribution is -0.120. The molecular weight excluding hydrogens is 400 g/mol. The minimum Gasteiger partial charge on any atom is -0.465 e. The Morgan fingerprint density at radius 3 is 2.27 bits per heavy atom. The molecule has 0 bridgehead atoms. The Bertz CT molecular complexity index is 919. The summed E-state index contributed by atoms with van der Waals surface area (Å²) >= 11 is 6.38. The first kappa shape index (κ1) is 22.2. The van der Waals surface area contributed by atoms with Crippen molar-refractivity contribution in [3.05, 3.63) is 64.2 Å². The van der Waals surface area contributed by atoms with E-state index >= 15 is 0 Å². The van der Waals surface area contributed by atoms with Crippen molar-refractivity contribution in [2.75, 3.05) is 25.1 Å². The minimum absolute atomic E-state index is 0.418. The van der Waals surface area contributed by atoms with Gasteiger partial charge in [-0.05, 0) is 60.7 Å². The number of benzene rings is 2. The minimum atomic E-state index is -0.615. The van der Waals surface area contributed by atoms with E-state index in [-0.39, 0.29) is 0 Å². The molecule has 1 amide bonds. The maximum atomic E-state index is 12.7. The van der Waals surface area contributed by atoms with Gasteiger partial charge < -0.3 is 15.4 Å². The molecule has 0 spiro atoms. The van der Waals surface area contributed by atoms with Crippen LogP contribution in [0.4, 0.5) is 5.69 Å². The van der Waals surface area contributed by atoms with Gasteiger partial charge >= 0.3 is 5.97 Å². The fourth-order valence-electron chi connectivity index (χ4n) is 4.46. The van der Waals surface area contributed by atoms with Crippen molar-refractivity contribution < 1.29 is 14.3 Å². The first-order valence-corrected chi connectivity index (χ1v) is 10.7. The molecule has 0 aromatic heterocycles. The summed E-state index contributed by atoms with van der Waals surface area (Å²) in [6.07, 6.45) is 3.53. The molecule has 1 heterocycles. The van der Waals surface area contributed by atoms with E-state index in [2.05, 4.69) is 4.90 Å². The van der Waals surface area contributed by atoms with Crippen LogP contribution in [0.2, 0.25) is 5.02 Å². The Balaban J connectivity index is 2.05. The number of amides is 1. The van der Waals surface area contributed by atoms with Gasteiger partial charge in [0, 0.05) is 29.2 Å². The maximum absolute atomic E-state index is 12.7. The highest BCUT2D eigenvalue weighted by Gasteiger charge is 2.39. The van der Waals surface area contributed by atoms with E-state index in [9.17, 15) is 9.59 Å². The number of nitrogens with two attached hydrogens (primary N) is 1. The van der Waals surface area contributed by atoms with Crippen LogP contribution in [0.5, 0.6) is 0 Å². The van der Waals surface area contributed by atoms with Crippen LogP contribution < -0.4 is 10.6 Å². The van der Waals surface area contributed by atoms with E-state index in [1.54, 1.807) is 24.3 Å². The summed E-state index contributed by atoms with van der Waals surface area (Å²) in [7, 11) is 1.34. The smallest absolute Gasteiger partial charge is 0.337 e. The van der Waals surface area contributed by atoms with Crippen LogP contribution in [-0.4, -0.2) is 32.1 Å². The Hall–Kier alpha value is -2.53. The molecule has 0 aliphatic carbocycles. The molecular formula is C24H29ClN2O3. The number of methoxy groups -OCH3 is 1. The van der Waals surface area contributed by atoms with Gasteiger partial charge in [-0.3, -0.25) is 4.79 Å². The average molecular weight is 429 g/mol. The largest absolute Gasteiger partial charge is 0.465 e. The number of hydrogen-bond donors (Lipinski definition) is 1. The SMILES string of the molecule is COC(=O)c1ccc([C@@H](C(N)=O)C(C)(C)c2cc(Cl)ccc2N2CCCCC2)cc1. The van der Waals surface area contributed by atoms with Crippen LogP contribution in [0.25, 0.3) is 0 Å². The third-order valence-electron chi connectivity index (χ3n) is 6.02. The van der Waals surface area contributed by atoms with Crippen molar-refractivity contribution in [2.24, 2.45) is 5.73 Å². The van der Waals surface area contributed by atoms with Crippen molar-refractivity contribution in [2.45, 2.75) is 44.4 Å². The second-order valence-corrected chi connectivity index (χ2v) is 8.82. The van der Waals surface area contributed by atoms with E-state index in [1.807, 2.05) is 32.0 Å². The van der Waals surface area contributed by atoms with Crippen molar-refractivity contribution in [3.63, 3.8) is 0 Å². The van der Waals surface area contributed by atoms with Crippen LogP contribution in [0, 0.1) is 0 Å². The van der Waals surface area contributed by atoms with Gasteiger partial charge in [0.15, 0.2) is 0 Å². The van der Waals surface area contributed by atoms with Crippen LogP contribution in [0.15, 0.2) is 42.5 Å². The average Bonchev–Trinajstić information content (AvgIpc) is 2.74. The first-order valence-electron chi connectivity index (χ1n) is 10.3. The highest BCUT2D eigenvalue weighted by molar-refractivity contribution is 6.30. The lowest BCUT2D eigenvalue weighted by Gasteiger charge is -2.39. The molecule has 2 aromatic rings. The number of piperidine rings is 1. The maximum Gasteiger partial charge on any atom is 0.337 e. The number of esters is 1. The predicted octanol–water partition coefficient (Wildman–Crippen LogP) is 4.66. The molecule has 5 nitrogen and oxygen atoms in total. The van der Waals surface area contributed by atoms with Gasteiger partial charge in [0.1, 0.15) is 0 Å². The molecule has 1 fully saturated rings. The molecule has 2 N–H and O–H groups in total. The molecule has 3 rings (SSSR count). The van der Waals surface area contributed by atoms with E-state index in [1.165, 1.54) is 13.5 Å². The molecule has 0 unspecified atom stereocenters. The zero-order valence-electron chi connectivity index (χ0n) is 17.8. The fourth-order valence-corrected chi connectivity index (χ4v) is 4.63. The number of carbonyl (C=O) groups excluding carboxylic acids is 2. The van der Waals surface area contributed by atoms with Crippen LogP contribution in [0.3, 0.4) is 0 Å². The Labute approximate surface area is 183 Å². The molecule has 0 radical (unpaired) electrons. The normalized spacial score (nSPS) is 15.5. The third-order valence-corrected chi connectivity index (χ3v) is 6.26. The molecule has 1 saturated heterocycles. The lowest BCUT2D eigenvalue weighted by Crippen LogP contribution is -2.39. The number of hydrogen-bond acceptors (Lipinski definition) is 4. The summed E-state index contributed by atoms with van der Waals surface area (Å²) in [6, 6.07) is 12.8. The zero-order valence-corrected chi connectivity index (χ0v) is 18.5.